The van der Waals surface area contributed by atoms with Crippen LogP contribution in [0.15, 0.2) is 72.2 Å². The molecule has 1 aromatic heterocycles. The molecule has 1 saturated carbocycles. The zero-order valence-corrected chi connectivity index (χ0v) is 42.1. The molecule has 4 amide bonds. The van der Waals surface area contributed by atoms with Crippen molar-refractivity contribution in [1.82, 2.24) is 30.9 Å². The lowest BCUT2D eigenvalue weighted by atomic mass is 9.49. The number of likely N-dealkylation sites (tertiary alicyclic amines) is 1. The van der Waals surface area contributed by atoms with Crippen LogP contribution in [0.4, 0.5) is 5.69 Å². The SMILES string of the molecule is Cc1ncsc1-c1ccc(CNC(=O)[C@@H]2C[C@@H](O)CN2C(=O)[C@@H](NC(=O)COCON2CCN(c3ccc(C(=O)NC4C(C)(C)C(Oc5ccc(C#N)c(Cl)c5)C4(C)C)cc3)CC2)C(C)(C)C)cc1. The Balaban J connectivity index is 0.823. The molecule has 0 spiro atoms. The Hall–Kier alpha value is -5.61. The van der Waals surface area contributed by atoms with Crippen molar-refractivity contribution in [3.8, 4) is 22.3 Å². The number of aromatic nitrogens is 1. The van der Waals surface area contributed by atoms with Gasteiger partial charge in [0.15, 0.2) is 6.79 Å². The molecule has 18 heteroatoms. The monoisotopic (exact) mass is 982 g/mol. The Morgan fingerprint density at radius 2 is 1.67 bits per heavy atom. The van der Waals surface area contributed by atoms with Crippen LogP contribution in [0.1, 0.15) is 82.1 Å². The summed E-state index contributed by atoms with van der Waals surface area (Å²) in [5.74, 6) is -0.953. The maximum absolute atomic E-state index is 14.0. The van der Waals surface area contributed by atoms with Crippen molar-refractivity contribution in [2.24, 2.45) is 16.2 Å². The lowest BCUT2D eigenvalue weighted by Crippen LogP contribution is -2.74. The van der Waals surface area contributed by atoms with Gasteiger partial charge in [0.25, 0.3) is 5.91 Å². The van der Waals surface area contributed by atoms with Crippen LogP contribution in [-0.2, 0) is 30.5 Å². The lowest BCUT2D eigenvalue weighted by molar-refractivity contribution is -0.225. The zero-order chi connectivity index (χ0) is 49.8. The van der Waals surface area contributed by atoms with Crippen LogP contribution in [0.25, 0.3) is 10.4 Å². The van der Waals surface area contributed by atoms with E-state index >= 15 is 0 Å². The van der Waals surface area contributed by atoms with E-state index < -0.39 is 46.2 Å². The fourth-order valence-electron chi connectivity index (χ4n) is 9.94. The second kappa shape index (κ2) is 21.2. The Morgan fingerprint density at radius 1 is 0.986 bits per heavy atom. The molecule has 0 unspecified atom stereocenters. The molecule has 0 radical (unpaired) electrons. The number of nitrogens with zero attached hydrogens (tertiary/aromatic N) is 5. The second-order valence-corrected chi connectivity index (χ2v) is 21.6. The summed E-state index contributed by atoms with van der Waals surface area (Å²) in [5.41, 5.74) is 5.10. The molecular formula is C51H63ClN8O8S. The topological polar surface area (TPSA) is 199 Å². The number of rotatable bonds is 16. The van der Waals surface area contributed by atoms with Gasteiger partial charge in [0.1, 0.15) is 36.6 Å². The molecule has 3 atom stereocenters. The van der Waals surface area contributed by atoms with E-state index in [2.05, 4.69) is 59.6 Å². The van der Waals surface area contributed by atoms with Gasteiger partial charge in [0.2, 0.25) is 17.7 Å². The molecule has 0 bridgehead atoms. The van der Waals surface area contributed by atoms with Crippen LogP contribution in [0.3, 0.4) is 0 Å². The van der Waals surface area contributed by atoms with Crippen LogP contribution in [0.5, 0.6) is 5.75 Å². The number of thiazole rings is 1. The number of β-amino-alcohol motifs (C(OH)–C–C–N with tert-alkyl or cyclic N) is 1. The molecule has 16 nitrogen and oxygen atoms in total. The number of nitrogens with one attached hydrogen (secondary N) is 3. The molecule has 4 N–H and O–H groups in total. The van der Waals surface area contributed by atoms with E-state index in [-0.39, 0.29) is 56.9 Å². The number of piperazine rings is 1. The van der Waals surface area contributed by atoms with Crippen molar-refractivity contribution in [2.45, 2.75) is 98.7 Å². The summed E-state index contributed by atoms with van der Waals surface area (Å²) in [6, 6.07) is 20.4. The van der Waals surface area contributed by atoms with Gasteiger partial charge in [-0.25, -0.2) is 4.98 Å². The maximum atomic E-state index is 14.0. The van der Waals surface area contributed by atoms with E-state index in [9.17, 15) is 29.5 Å². The van der Waals surface area contributed by atoms with Crippen LogP contribution < -0.4 is 25.6 Å². The molecule has 1 aliphatic carbocycles. The number of aryl methyl sites for hydroxylation is 1. The van der Waals surface area contributed by atoms with Crippen molar-refractivity contribution in [1.29, 1.82) is 5.26 Å². The van der Waals surface area contributed by atoms with E-state index in [0.717, 1.165) is 27.4 Å². The molecule has 3 fully saturated rings. The largest absolute Gasteiger partial charge is 0.489 e. The zero-order valence-electron chi connectivity index (χ0n) is 40.5. The molecule has 69 heavy (non-hydrogen) atoms. The number of halogens is 1. The Morgan fingerprint density at radius 3 is 2.28 bits per heavy atom. The van der Waals surface area contributed by atoms with Crippen molar-refractivity contribution in [3.05, 3.63) is 99.6 Å². The minimum Gasteiger partial charge on any atom is -0.489 e. The number of carbonyl (C=O) groups excluding carboxylic acids is 4. The third-order valence-electron chi connectivity index (χ3n) is 13.4. The average molecular weight is 984 g/mol. The van der Waals surface area contributed by atoms with Crippen LogP contribution >= 0.6 is 22.9 Å². The first-order valence-electron chi connectivity index (χ1n) is 23.2. The van der Waals surface area contributed by atoms with Crippen LogP contribution in [0.2, 0.25) is 5.02 Å². The van der Waals surface area contributed by atoms with Gasteiger partial charge in [-0.3, -0.25) is 24.0 Å². The van der Waals surface area contributed by atoms with Crippen LogP contribution in [-0.4, -0.2) is 120 Å². The average Bonchev–Trinajstić information content (AvgIpc) is 3.94. The molecule has 7 rings (SSSR count). The number of ether oxygens (including phenoxy) is 2. The van der Waals surface area contributed by atoms with E-state index in [1.54, 1.807) is 34.6 Å². The molecule has 3 aromatic carbocycles. The third-order valence-corrected chi connectivity index (χ3v) is 14.7. The molecule has 4 aromatic rings. The number of aliphatic hydroxyl groups excluding tert-OH is 1. The Kier molecular flexibility index (Phi) is 15.7. The minimum absolute atomic E-state index is 0.0295. The van der Waals surface area contributed by atoms with Gasteiger partial charge in [-0.2, -0.15) is 10.3 Å². The summed E-state index contributed by atoms with van der Waals surface area (Å²) in [7, 11) is 0. The van der Waals surface area contributed by atoms with Gasteiger partial charge >= 0.3 is 0 Å². The maximum Gasteiger partial charge on any atom is 0.251 e. The molecule has 3 aliphatic rings. The molecular weight excluding hydrogens is 920 g/mol. The first kappa shape index (κ1) is 51.2. The Labute approximate surface area is 413 Å². The summed E-state index contributed by atoms with van der Waals surface area (Å²) >= 11 is 7.82. The molecule has 2 saturated heterocycles. The normalized spacial score (nSPS) is 21.4. The Bertz CT molecular complexity index is 2520. The first-order valence-corrected chi connectivity index (χ1v) is 24.5. The van der Waals surface area contributed by atoms with Gasteiger partial charge < -0.3 is 40.3 Å². The van der Waals surface area contributed by atoms with E-state index in [1.165, 1.54) is 4.90 Å². The second-order valence-electron chi connectivity index (χ2n) is 20.3. The van der Waals surface area contributed by atoms with Crippen molar-refractivity contribution in [3.63, 3.8) is 0 Å². The number of benzene rings is 3. The number of hydrogen-bond donors (Lipinski definition) is 4. The third kappa shape index (κ3) is 11.7. The smallest absolute Gasteiger partial charge is 0.251 e. The molecule has 2 aliphatic heterocycles. The highest BCUT2D eigenvalue weighted by atomic mass is 35.5. The summed E-state index contributed by atoms with van der Waals surface area (Å²) in [6.45, 7) is 17.8. The number of anilines is 1. The van der Waals surface area contributed by atoms with Gasteiger partial charge in [-0.15, -0.1) is 11.3 Å². The highest BCUT2D eigenvalue weighted by Crippen LogP contribution is 2.55. The summed E-state index contributed by atoms with van der Waals surface area (Å²) in [4.78, 5) is 69.0. The fraction of sp³-hybridized carbons (Fsp3) is 0.490. The van der Waals surface area contributed by atoms with Crippen molar-refractivity contribution >= 4 is 52.3 Å². The highest BCUT2D eigenvalue weighted by Gasteiger charge is 2.64. The summed E-state index contributed by atoms with van der Waals surface area (Å²) in [6.07, 6.45) is -1.01. The fourth-order valence-corrected chi connectivity index (χ4v) is 11.0. The standard InChI is InChI=1S/C51H63ClN8O8S/c1-31-42(69-29-55-31)33-11-9-32(10-12-33)26-54-45(64)40-23-37(61)27-60(40)46(65)43(49(2,3)4)56-41(62)28-66-30-67-59-21-19-58(20-22-59)36-16-13-34(14-17-36)44(63)57-47-50(5,6)48(51(47,7)8)68-38-18-15-35(25-53)39(52)24-38/h9-18,24,29,37,40,43,47-48,61H,19-23,26-28,30H2,1-8H3,(H,54,64)(H,56,62)(H,57,63)/t37-,40+,43-,47?,48?/m1/s1. The summed E-state index contributed by atoms with van der Waals surface area (Å²) < 4.78 is 11.9. The number of hydrogen-bond acceptors (Lipinski definition) is 13. The number of carbonyl (C=O) groups is 4. The number of hydroxylamine groups is 2. The van der Waals surface area contributed by atoms with E-state index in [1.807, 2.05) is 81.7 Å². The highest BCUT2D eigenvalue weighted by molar-refractivity contribution is 7.13. The first-order chi connectivity index (χ1) is 32.7. The van der Waals surface area contributed by atoms with Gasteiger partial charge in [0.05, 0.1) is 32.8 Å². The van der Waals surface area contributed by atoms with Gasteiger partial charge in [-0.1, -0.05) is 84.3 Å². The molecule has 368 valence electrons. The van der Waals surface area contributed by atoms with Gasteiger partial charge in [-0.05, 0) is 59.9 Å². The quantitative estimate of drug-likeness (QED) is 0.0746. The van der Waals surface area contributed by atoms with E-state index in [0.29, 0.717) is 48.1 Å². The lowest BCUT2D eigenvalue weighted by Gasteiger charge is -2.63. The molecule has 3 heterocycles. The minimum atomic E-state index is -0.993. The predicted molar refractivity (Wildman–Crippen MR) is 263 cm³/mol. The van der Waals surface area contributed by atoms with Crippen LogP contribution in [0, 0.1) is 34.5 Å². The predicted octanol–water partition coefficient (Wildman–Crippen LogP) is 6.09. The van der Waals surface area contributed by atoms with Crippen molar-refractivity contribution in [2.75, 3.05) is 51.0 Å². The van der Waals surface area contributed by atoms with Gasteiger partial charge in [0, 0.05) is 79.9 Å². The van der Waals surface area contributed by atoms with Crippen molar-refractivity contribution < 1.29 is 38.6 Å². The summed E-state index contributed by atoms with van der Waals surface area (Å²) in [5, 5.41) is 30.9. The number of amides is 4. The van der Waals surface area contributed by atoms with E-state index in [4.69, 9.17) is 25.9 Å². The number of nitriles is 1. The number of aliphatic hydroxyl groups is 1.